The number of rotatable bonds is 3. The fourth-order valence-electron chi connectivity index (χ4n) is 1.40. The van der Waals surface area contributed by atoms with Gasteiger partial charge in [0.1, 0.15) is 6.29 Å². The minimum atomic E-state index is 0.579. The van der Waals surface area contributed by atoms with Crippen LogP contribution in [0.2, 0.25) is 5.02 Å². The SMILES string of the molecule is CCCOC.CO.O=Cc1ccc2ncc(Cl)cc2c1. The van der Waals surface area contributed by atoms with E-state index in [0.29, 0.717) is 10.6 Å². The van der Waals surface area contributed by atoms with E-state index < -0.39 is 0 Å². The van der Waals surface area contributed by atoms with Gasteiger partial charge in [-0.05, 0) is 30.7 Å². The number of ether oxygens (including phenoxy) is 1. The highest BCUT2D eigenvalue weighted by atomic mass is 35.5. The Balaban J connectivity index is 0.000000441. The van der Waals surface area contributed by atoms with Crippen molar-refractivity contribution >= 4 is 28.8 Å². The molecule has 0 aliphatic rings. The van der Waals surface area contributed by atoms with Crippen molar-refractivity contribution < 1.29 is 14.6 Å². The summed E-state index contributed by atoms with van der Waals surface area (Å²) in [5.74, 6) is 0. The summed E-state index contributed by atoms with van der Waals surface area (Å²) in [6.07, 6.45) is 3.52. The molecule has 1 heterocycles. The second-order valence-corrected chi connectivity index (χ2v) is 4.15. The van der Waals surface area contributed by atoms with Crippen LogP contribution in [0.5, 0.6) is 0 Å². The summed E-state index contributed by atoms with van der Waals surface area (Å²) in [5, 5.41) is 8.47. The maximum atomic E-state index is 10.5. The molecule has 1 aromatic heterocycles. The Morgan fingerprint density at radius 3 is 2.55 bits per heavy atom. The van der Waals surface area contributed by atoms with E-state index in [1.165, 1.54) is 0 Å². The van der Waals surface area contributed by atoms with Crippen LogP contribution < -0.4 is 0 Å². The van der Waals surface area contributed by atoms with E-state index >= 15 is 0 Å². The predicted octanol–water partition coefficient (Wildman–Crippen LogP) is 3.35. The molecular formula is C15H20ClNO3. The maximum absolute atomic E-state index is 10.5. The minimum Gasteiger partial charge on any atom is -0.400 e. The number of benzene rings is 1. The van der Waals surface area contributed by atoms with Crippen LogP contribution in [0.25, 0.3) is 10.9 Å². The number of pyridine rings is 1. The molecule has 0 atom stereocenters. The van der Waals surface area contributed by atoms with Crippen molar-refractivity contribution in [2.45, 2.75) is 13.3 Å². The van der Waals surface area contributed by atoms with Gasteiger partial charge < -0.3 is 9.84 Å². The zero-order valence-electron chi connectivity index (χ0n) is 12.0. The van der Waals surface area contributed by atoms with Crippen LogP contribution in [-0.2, 0) is 4.74 Å². The number of aldehydes is 1. The molecule has 0 aliphatic carbocycles. The summed E-state index contributed by atoms with van der Waals surface area (Å²) in [4.78, 5) is 14.6. The molecule has 4 nitrogen and oxygen atoms in total. The second-order valence-electron chi connectivity index (χ2n) is 3.72. The number of methoxy groups -OCH3 is 1. The smallest absolute Gasteiger partial charge is 0.150 e. The van der Waals surface area contributed by atoms with Crippen molar-refractivity contribution in [3.05, 3.63) is 41.0 Å². The molecule has 0 radical (unpaired) electrons. The molecule has 5 heteroatoms. The van der Waals surface area contributed by atoms with Gasteiger partial charge >= 0.3 is 0 Å². The highest BCUT2D eigenvalue weighted by Gasteiger charge is 1.97. The van der Waals surface area contributed by atoms with Crippen LogP contribution in [0.3, 0.4) is 0 Å². The Bertz CT molecular complexity index is 515. The predicted molar refractivity (Wildman–Crippen MR) is 82.5 cm³/mol. The van der Waals surface area contributed by atoms with Gasteiger partial charge in [-0.15, -0.1) is 0 Å². The number of halogens is 1. The number of hydrogen-bond donors (Lipinski definition) is 1. The molecule has 2 aromatic rings. The second kappa shape index (κ2) is 11.3. The van der Waals surface area contributed by atoms with Gasteiger partial charge in [-0.25, -0.2) is 0 Å². The van der Waals surface area contributed by atoms with E-state index in [1.54, 1.807) is 37.6 Å². The molecule has 0 aliphatic heterocycles. The summed E-state index contributed by atoms with van der Waals surface area (Å²) in [5.41, 5.74) is 1.48. The average molecular weight is 298 g/mol. The third kappa shape index (κ3) is 6.61. The van der Waals surface area contributed by atoms with Gasteiger partial charge in [-0.1, -0.05) is 18.5 Å². The number of carbonyl (C=O) groups excluding carboxylic acids is 1. The summed E-state index contributed by atoms with van der Waals surface area (Å²) < 4.78 is 4.69. The normalized spacial score (nSPS) is 9.05. The quantitative estimate of drug-likeness (QED) is 0.883. The topological polar surface area (TPSA) is 59.4 Å². The van der Waals surface area contributed by atoms with Gasteiger partial charge in [0.2, 0.25) is 0 Å². The van der Waals surface area contributed by atoms with E-state index in [4.69, 9.17) is 21.4 Å². The van der Waals surface area contributed by atoms with E-state index in [2.05, 4.69) is 11.9 Å². The van der Waals surface area contributed by atoms with Crippen molar-refractivity contribution in [1.82, 2.24) is 4.98 Å². The number of aliphatic hydroxyl groups is 1. The first-order valence-corrected chi connectivity index (χ1v) is 6.53. The Morgan fingerprint density at radius 1 is 1.35 bits per heavy atom. The molecule has 0 fully saturated rings. The first-order valence-electron chi connectivity index (χ1n) is 6.15. The monoisotopic (exact) mass is 297 g/mol. The van der Waals surface area contributed by atoms with Gasteiger partial charge in [0.05, 0.1) is 10.5 Å². The van der Waals surface area contributed by atoms with E-state index in [9.17, 15) is 4.79 Å². The zero-order chi connectivity index (χ0) is 15.4. The number of nitrogens with zero attached hydrogens (tertiary/aromatic N) is 1. The fourth-order valence-corrected chi connectivity index (χ4v) is 1.57. The Hall–Kier alpha value is -1.49. The number of hydrogen-bond acceptors (Lipinski definition) is 4. The maximum Gasteiger partial charge on any atom is 0.150 e. The molecular weight excluding hydrogens is 278 g/mol. The molecule has 0 saturated heterocycles. The Labute approximate surface area is 124 Å². The lowest BCUT2D eigenvalue weighted by atomic mass is 10.1. The first-order chi connectivity index (χ1) is 9.71. The molecule has 0 saturated carbocycles. The lowest BCUT2D eigenvalue weighted by molar-refractivity contribution is 0.112. The first kappa shape index (κ1) is 18.5. The van der Waals surface area contributed by atoms with Crippen LogP contribution in [-0.4, -0.2) is 37.2 Å². The van der Waals surface area contributed by atoms with E-state index in [-0.39, 0.29) is 0 Å². The molecule has 0 spiro atoms. The highest BCUT2D eigenvalue weighted by molar-refractivity contribution is 6.31. The Morgan fingerprint density at radius 2 is 2.05 bits per heavy atom. The number of aromatic nitrogens is 1. The number of fused-ring (bicyclic) bond motifs is 1. The van der Waals surface area contributed by atoms with Gasteiger partial charge in [0.15, 0.2) is 0 Å². The van der Waals surface area contributed by atoms with E-state index in [1.807, 2.05) is 0 Å². The molecule has 1 aromatic carbocycles. The van der Waals surface area contributed by atoms with Crippen molar-refractivity contribution in [3.8, 4) is 0 Å². The van der Waals surface area contributed by atoms with Crippen LogP contribution in [0.4, 0.5) is 0 Å². The molecule has 0 amide bonds. The van der Waals surface area contributed by atoms with Crippen molar-refractivity contribution in [2.75, 3.05) is 20.8 Å². The van der Waals surface area contributed by atoms with Crippen LogP contribution in [0.1, 0.15) is 23.7 Å². The standard InChI is InChI=1S/C10H6ClNO.C4H10O.CH4O/c11-9-4-8-3-7(6-13)1-2-10(8)12-5-9;1-3-4-5-2;1-2/h1-6H;3-4H2,1-2H3;2H,1H3. The van der Waals surface area contributed by atoms with Crippen molar-refractivity contribution in [3.63, 3.8) is 0 Å². The van der Waals surface area contributed by atoms with E-state index in [0.717, 1.165) is 37.3 Å². The molecule has 110 valence electrons. The summed E-state index contributed by atoms with van der Waals surface area (Å²) in [7, 11) is 2.71. The van der Waals surface area contributed by atoms with Gasteiger partial charge in [-0.3, -0.25) is 9.78 Å². The third-order valence-corrected chi connectivity index (χ3v) is 2.42. The molecule has 2 rings (SSSR count). The largest absolute Gasteiger partial charge is 0.400 e. The van der Waals surface area contributed by atoms with Crippen molar-refractivity contribution in [1.29, 1.82) is 0 Å². The molecule has 0 unspecified atom stereocenters. The number of carbonyl (C=O) groups is 1. The minimum absolute atomic E-state index is 0.579. The fraction of sp³-hybridized carbons (Fsp3) is 0.333. The summed E-state index contributed by atoms with van der Waals surface area (Å²) >= 11 is 5.76. The van der Waals surface area contributed by atoms with Crippen LogP contribution >= 0.6 is 11.6 Å². The van der Waals surface area contributed by atoms with Crippen LogP contribution in [0, 0.1) is 0 Å². The molecule has 20 heavy (non-hydrogen) atoms. The summed E-state index contributed by atoms with van der Waals surface area (Å²) in [6, 6.07) is 7.09. The average Bonchev–Trinajstić information content (AvgIpc) is 2.50. The lowest BCUT2D eigenvalue weighted by Gasteiger charge is -1.97. The lowest BCUT2D eigenvalue weighted by Crippen LogP contribution is -1.82. The van der Waals surface area contributed by atoms with Gasteiger partial charge in [0.25, 0.3) is 0 Å². The summed E-state index contributed by atoms with van der Waals surface area (Å²) in [6.45, 7) is 2.98. The third-order valence-electron chi connectivity index (χ3n) is 2.22. The van der Waals surface area contributed by atoms with Crippen LogP contribution in [0.15, 0.2) is 30.5 Å². The number of aliphatic hydroxyl groups excluding tert-OH is 1. The highest BCUT2D eigenvalue weighted by Crippen LogP contribution is 2.17. The molecule has 1 N–H and O–H groups in total. The van der Waals surface area contributed by atoms with Gasteiger partial charge in [0, 0.05) is 38.0 Å². The van der Waals surface area contributed by atoms with Crippen molar-refractivity contribution in [2.24, 2.45) is 0 Å². The van der Waals surface area contributed by atoms with Gasteiger partial charge in [-0.2, -0.15) is 0 Å². The Kier molecular flexibility index (Phi) is 10.5. The zero-order valence-corrected chi connectivity index (χ0v) is 12.7. The molecule has 0 bridgehead atoms.